The van der Waals surface area contributed by atoms with Gasteiger partial charge in [-0.25, -0.2) is 0 Å². The second kappa shape index (κ2) is 7.55. The molecule has 2 unspecified atom stereocenters. The average Bonchev–Trinajstić information content (AvgIpc) is 2.43. The van der Waals surface area contributed by atoms with E-state index < -0.39 is 12.6 Å². The monoisotopic (exact) mass is 325 g/mol. The molecule has 2 heterocycles. The molecule has 1 N–H and O–H groups in total. The van der Waals surface area contributed by atoms with Gasteiger partial charge in [0.15, 0.2) is 0 Å². The van der Waals surface area contributed by atoms with Crippen LogP contribution in [-0.4, -0.2) is 42.5 Å². The molecule has 2 atom stereocenters. The fourth-order valence-electron chi connectivity index (χ4n) is 3.59. The first-order chi connectivity index (χ1) is 9.94. The predicted octanol–water partition coefficient (Wildman–Crippen LogP) is 4.00. The molecule has 124 valence electrons. The van der Waals surface area contributed by atoms with E-state index in [-0.39, 0.29) is 18.1 Å². The smallest absolute Gasteiger partial charge is 0.375 e. The highest BCUT2D eigenvalue weighted by atomic mass is 32.2. The first-order valence-corrected chi connectivity index (χ1v) is 9.11. The number of hydrogen-bond donors (Lipinski definition) is 1. The van der Waals surface area contributed by atoms with E-state index in [4.69, 9.17) is 4.74 Å². The molecule has 0 radical (unpaired) electrons. The van der Waals surface area contributed by atoms with Gasteiger partial charge in [0.05, 0.1) is 5.60 Å². The van der Waals surface area contributed by atoms with Gasteiger partial charge in [0.25, 0.3) is 0 Å². The van der Waals surface area contributed by atoms with Gasteiger partial charge in [0, 0.05) is 19.1 Å². The summed E-state index contributed by atoms with van der Waals surface area (Å²) in [5, 5.41) is 3.29. The Balaban J connectivity index is 1.95. The molecule has 0 aromatic heterocycles. The molecular formula is C15H26F3NOS. The number of rotatable bonds is 5. The Morgan fingerprint density at radius 2 is 2.05 bits per heavy atom. The SMILES string of the molecule is CCNC(CCC(F)(F)F)C1CCOC2(CCSCC2)C1. The maximum atomic E-state index is 12.5. The van der Waals surface area contributed by atoms with Crippen LogP contribution in [0.1, 0.15) is 45.4 Å². The summed E-state index contributed by atoms with van der Waals surface area (Å²) in [6.07, 6.45) is -0.665. The highest BCUT2D eigenvalue weighted by Crippen LogP contribution is 2.41. The maximum absolute atomic E-state index is 12.5. The normalized spacial score (nSPS) is 27.7. The summed E-state index contributed by atoms with van der Waals surface area (Å²) in [5.41, 5.74) is -0.0555. The molecule has 0 aliphatic carbocycles. The third-order valence-electron chi connectivity index (χ3n) is 4.71. The number of alkyl halides is 3. The van der Waals surface area contributed by atoms with Gasteiger partial charge in [-0.15, -0.1) is 0 Å². The zero-order chi connectivity index (χ0) is 15.3. The summed E-state index contributed by atoms with van der Waals surface area (Å²) >= 11 is 1.95. The molecule has 2 nitrogen and oxygen atoms in total. The van der Waals surface area contributed by atoms with Crippen molar-refractivity contribution < 1.29 is 17.9 Å². The van der Waals surface area contributed by atoms with Gasteiger partial charge in [-0.3, -0.25) is 0 Å². The fourth-order valence-corrected chi connectivity index (χ4v) is 4.82. The summed E-state index contributed by atoms with van der Waals surface area (Å²) in [6.45, 7) is 3.39. The summed E-state index contributed by atoms with van der Waals surface area (Å²) in [5.74, 6) is 2.53. The molecule has 2 rings (SSSR count). The van der Waals surface area contributed by atoms with Crippen LogP contribution in [0.15, 0.2) is 0 Å². The van der Waals surface area contributed by atoms with Crippen LogP contribution in [0.4, 0.5) is 13.2 Å². The van der Waals surface area contributed by atoms with Crippen molar-refractivity contribution in [1.82, 2.24) is 5.32 Å². The second-order valence-electron chi connectivity index (χ2n) is 6.21. The van der Waals surface area contributed by atoms with Crippen LogP contribution >= 0.6 is 11.8 Å². The van der Waals surface area contributed by atoms with Crippen LogP contribution in [0.5, 0.6) is 0 Å². The van der Waals surface area contributed by atoms with Crippen LogP contribution in [0.2, 0.25) is 0 Å². The van der Waals surface area contributed by atoms with Gasteiger partial charge in [0.2, 0.25) is 0 Å². The van der Waals surface area contributed by atoms with Crippen LogP contribution in [-0.2, 0) is 4.74 Å². The highest BCUT2D eigenvalue weighted by Gasteiger charge is 2.41. The minimum atomic E-state index is -4.06. The van der Waals surface area contributed by atoms with Gasteiger partial charge in [-0.1, -0.05) is 6.92 Å². The number of thioether (sulfide) groups is 1. The third-order valence-corrected chi connectivity index (χ3v) is 5.69. The Bertz CT molecular complexity index is 313. The number of halogens is 3. The lowest BCUT2D eigenvalue weighted by Crippen LogP contribution is -2.48. The van der Waals surface area contributed by atoms with Crippen molar-refractivity contribution in [1.29, 1.82) is 0 Å². The van der Waals surface area contributed by atoms with Crippen LogP contribution < -0.4 is 5.32 Å². The van der Waals surface area contributed by atoms with E-state index in [1.165, 1.54) is 0 Å². The van der Waals surface area contributed by atoms with Crippen molar-refractivity contribution in [2.24, 2.45) is 5.92 Å². The molecule has 0 aromatic rings. The van der Waals surface area contributed by atoms with Crippen molar-refractivity contribution in [3.63, 3.8) is 0 Å². The van der Waals surface area contributed by atoms with Crippen LogP contribution in [0.25, 0.3) is 0 Å². The fraction of sp³-hybridized carbons (Fsp3) is 1.00. The molecule has 0 saturated carbocycles. The Kier molecular flexibility index (Phi) is 6.26. The summed E-state index contributed by atoms with van der Waals surface area (Å²) < 4.78 is 43.6. The first-order valence-electron chi connectivity index (χ1n) is 7.96. The standard InChI is InChI=1S/C15H26F3NOS/c1-2-19-13(3-5-15(16,17)18)12-4-8-20-14(11-12)6-9-21-10-7-14/h12-13,19H,2-11H2,1H3. The minimum absolute atomic E-state index is 0.0352. The quantitative estimate of drug-likeness (QED) is 0.825. The Morgan fingerprint density at radius 1 is 1.33 bits per heavy atom. The molecule has 0 amide bonds. The Morgan fingerprint density at radius 3 is 2.67 bits per heavy atom. The molecule has 21 heavy (non-hydrogen) atoms. The Hall–Kier alpha value is 0.0600. The van der Waals surface area contributed by atoms with E-state index >= 15 is 0 Å². The molecule has 2 aliphatic rings. The highest BCUT2D eigenvalue weighted by molar-refractivity contribution is 7.99. The van der Waals surface area contributed by atoms with E-state index in [1.807, 2.05) is 18.7 Å². The zero-order valence-electron chi connectivity index (χ0n) is 12.7. The summed E-state index contributed by atoms with van der Waals surface area (Å²) in [6, 6.07) is -0.0352. The molecular weight excluding hydrogens is 299 g/mol. The molecule has 2 fully saturated rings. The van der Waals surface area contributed by atoms with Gasteiger partial charge in [0.1, 0.15) is 0 Å². The van der Waals surface area contributed by atoms with E-state index in [1.54, 1.807) is 0 Å². The van der Waals surface area contributed by atoms with Crippen molar-refractivity contribution in [2.45, 2.75) is 63.3 Å². The average molecular weight is 325 g/mol. The van der Waals surface area contributed by atoms with E-state index in [2.05, 4.69) is 5.32 Å². The molecule has 0 bridgehead atoms. The zero-order valence-corrected chi connectivity index (χ0v) is 13.5. The molecule has 2 aliphatic heterocycles. The van der Waals surface area contributed by atoms with Crippen molar-refractivity contribution in [2.75, 3.05) is 24.7 Å². The van der Waals surface area contributed by atoms with Crippen molar-refractivity contribution in [3.05, 3.63) is 0 Å². The first kappa shape index (κ1) is 17.4. The summed E-state index contributed by atoms with van der Waals surface area (Å²) in [4.78, 5) is 0. The van der Waals surface area contributed by atoms with E-state index in [9.17, 15) is 13.2 Å². The lowest BCUT2D eigenvalue weighted by molar-refractivity contribution is -0.140. The molecule has 2 saturated heterocycles. The predicted molar refractivity (Wildman–Crippen MR) is 80.7 cm³/mol. The Labute approximate surface area is 129 Å². The minimum Gasteiger partial charge on any atom is -0.375 e. The molecule has 0 aromatic carbocycles. The lowest BCUT2D eigenvalue weighted by Gasteiger charge is -2.45. The third kappa shape index (κ3) is 5.32. The van der Waals surface area contributed by atoms with E-state index in [0.29, 0.717) is 12.5 Å². The van der Waals surface area contributed by atoms with Crippen LogP contribution in [0.3, 0.4) is 0 Å². The number of nitrogens with one attached hydrogen (secondary N) is 1. The lowest BCUT2D eigenvalue weighted by atomic mass is 9.77. The van der Waals surface area contributed by atoms with E-state index in [0.717, 1.165) is 43.7 Å². The van der Waals surface area contributed by atoms with Crippen LogP contribution in [0, 0.1) is 5.92 Å². The maximum Gasteiger partial charge on any atom is 0.389 e. The second-order valence-corrected chi connectivity index (χ2v) is 7.44. The van der Waals surface area contributed by atoms with Crippen molar-refractivity contribution >= 4 is 11.8 Å². The molecule has 6 heteroatoms. The van der Waals surface area contributed by atoms with Gasteiger partial charge >= 0.3 is 6.18 Å². The van der Waals surface area contributed by atoms with Gasteiger partial charge in [-0.2, -0.15) is 24.9 Å². The molecule has 1 spiro atoms. The van der Waals surface area contributed by atoms with Crippen molar-refractivity contribution in [3.8, 4) is 0 Å². The largest absolute Gasteiger partial charge is 0.389 e. The number of hydrogen-bond acceptors (Lipinski definition) is 3. The van der Waals surface area contributed by atoms with Gasteiger partial charge < -0.3 is 10.1 Å². The van der Waals surface area contributed by atoms with Gasteiger partial charge in [-0.05, 0) is 56.1 Å². The summed E-state index contributed by atoms with van der Waals surface area (Å²) in [7, 11) is 0. The number of ether oxygens (including phenoxy) is 1. The topological polar surface area (TPSA) is 21.3 Å².